The predicted molar refractivity (Wildman–Crippen MR) is 81.4 cm³/mol. The predicted octanol–water partition coefficient (Wildman–Crippen LogP) is 2.88. The summed E-state index contributed by atoms with van der Waals surface area (Å²) in [5.41, 5.74) is 2.05. The van der Waals surface area contributed by atoms with Gasteiger partial charge in [0, 0.05) is 16.6 Å². The molecule has 1 aromatic rings. The summed E-state index contributed by atoms with van der Waals surface area (Å²) in [7, 11) is 0. The van der Waals surface area contributed by atoms with Gasteiger partial charge < -0.3 is 10.6 Å². The lowest BCUT2D eigenvalue weighted by Gasteiger charge is -2.34. The maximum atomic E-state index is 12.2. The Morgan fingerprint density at radius 1 is 1.42 bits per heavy atom. The summed E-state index contributed by atoms with van der Waals surface area (Å²) >= 11 is 3.45. The number of piperidine rings is 1. The standard InChI is InChI=1S/C15H21BrN2O/c1-11-9-12(3-4-13(11)16)14(19)18-10-15(2)5-7-17-8-6-15/h3-4,9,17H,5-8,10H2,1-2H3,(H,18,19). The Labute approximate surface area is 123 Å². The van der Waals surface area contributed by atoms with E-state index in [2.05, 4.69) is 33.5 Å². The van der Waals surface area contributed by atoms with Crippen molar-refractivity contribution < 1.29 is 4.79 Å². The first-order valence-corrected chi connectivity index (χ1v) is 7.55. The Kier molecular flexibility index (Phi) is 4.63. The van der Waals surface area contributed by atoms with Crippen molar-refractivity contribution in [3.05, 3.63) is 33.8 Å². The fourth-order valence-corrected chi connectivity index (χ4v) is 2.64. The van der Waals surface area contributed by atoms with Crippen molar-refractivity contribution in [1.29, 1.82) is 0 Å². The molecule has 0 unspecified atom stereocenters. The molecule has 0 atom stereocenters. The Bertz CT molecular complexity index is 467. The molecule has 1 saturated heterocycles. The maximum Gasteiger partial charge on any atom is 0.251 e. The van der Waals surface area contributed by atoms with Crippen LogP contribution in [0, 0.1) is 12.3 Å². The van der Waals surface area contributed by atoms with Gasteiger partial charge in [0.1, 0.15) is 0 Å². The number of halogens is 1. The quantitative estimate of drug-likeness (QED) is 0.897. The molecule has 1 aromatic carbocycles. The largest absolute Gasteiger partial charge is 0.351 e. The molecule has 0 bridgehead atoms. The highest BCUT2D eigenvalue weighted by Crippen LogP contribution is 2.26. The van der Waals surface area contributed by atoms with Gasteiger partial charge in [-0.1, -0.05) is 22.9 Å². The SMILES string of the molecule is Cc1cc(C(=O)NCC2(C)CCNCC2)ccc1Br. The third kappa shape index (κ3) is 3.80. The summed E-state index contributed by atoms with van der Waals surface area (Å²) < 4.78 is 1.04. The molecule has 0 saturated carbocycles. The van der Waals surface area contributed by atoms with E-state index in [1.807, 2.05) is 25.1 Å². The van der Waals surface area contributed by atoms with E-state index in [4.69, 9.17) is 0 Å². The first-order chi connectivity index (χ1) is 9.00. The lowest BCUT2D eigenvalue weighted by molar-refractivity contribution is 0.0922. The van der Waals surface area contributed by atoms with Crippen LogP contribution in [0.25, 0.3) is 0 Å². The molecule has 1 heterocycles. The third-order valence-corrected chi connectivity index (χ3v) is 4.80. The monoisotopic (exact) mass is 324 g/mol. The van der Waals surface area contributed by atoms with Gasteiger partial charge in [-0.2, -0.15) is 0 Å². The highest BCUT2D eigenvalue weighted by Gasteiger charge is 2.27. The number of rotatable bonds is 3. The molecule has 4 heteroatoms. The van der Waals surface area contributed by atoms with Gasteiger partial charge >= 0.3 is 0 Å². The fourth-order valence-electron chi connectivity index (χ4n) is 2.39. The number of nitrogens with one attached hydrogen (secondary N) is 2. The molecule has 1 amide bonds. The molecule has 1 fully saturated rings. The fraction of sp³-hybridized carbons (Fsp3) is 0.533. The van der Waals surface area contributed by atoms with Crippen LogP contribution < -0.4 is 10.6 Å². The van der Waals surface area contributed by atoms with Crippen LogP contribution in [0.4, 0.5) is 0 Å². The van der Waals surface area contributed by atoms with Crippen molar-refractivity contribution >= 4 is 21.8 Å². The second-order valence-corrected chi connectivity index (χ2v) is 6.56. The molecule has 1 aliphatic rings. The second kappa shape index (κ2) is 6.06. The van der Waals surface area contributed by atoms with Crippen molar-refractivity contribution in [2.24, 2.45) is 5.41 Å². The summed E-state index contributed by atoms with van der Waals surface area (Å²) in [5.74, 6) is 0.0235. The van der Waals surface area contributed by atoms with E-state index in [9.17, 15) is 4.79 Å². The number of hydrogen-bond acceptors (Lipinski definition) is 2. The zero-order chi connectivity index (χ0) is 13.9. The van der Waals surface area contributed by atoms with E-state index in [0.29, 0.717) is 0 Å². The van der Waals surface area contributed by atoms with Crippen LogP contribution in [0.15, 0.2) is 22.7 Å². The number of aryl methyl sites for hydroxylation is 1. The van der Waals surface area contributed by atoms with E-state index < -0.39 is 0 Å². The van der Waals surface area contributed by atoms with E-state index in [1.165, 1.54) is 0 Å². The minimum atomic E-state index is 0.0235. The molecule has 1 aliphatic heterocycles. The zero-order valence-electron chi connectivity index (χ0n) is 11.6. The van der Waals surface area contributed by atoms with Crippen LogP contribution in [0.5, 0.6) is 0 Å². The van der Waals surface area contributed by atoms with Gasteiger partial charge in [0.15, 0.2) is 0 Å². The maximum absolute atomic E-state index is 12.2. The zero-order valence-corrected chi connectivity index (χ0v) is 13.1. The third-order valence-electron chi connectivity index (χ3n) is 3.91. The van der Waals surface area contributed by atoms with Crippen LogP contribution in [-0.4, -0.2) is 25.5 Å². The van der Waals surface area contributed by atoms with E-state index >= 15 is 0 Å². The van der Waals surface area contributed by atoms with Gasteiger partial charge in [-0.3, -0.25) is 4.79 Å². The Morgan fingerprint density at radius 3 is 2.74 bits per heavy atom. The van der Waals surface area contributed by atoms with E-state index in [0.717, 1.165) is 48.1 Å². The van der Waals surface area contributed by atoms with Crippen molar-refractivity contribution in [2.75, 3.05) is 19.6 Å². The van der Waals surface area contributed by atoms with Crippen LogP contribution in [-0.2, 0) is 0 Å². The molecule has 104 valence electrons. The van der Waals surface area contributed by atoms with Crippen LogP contribution in [0.1, 0.15) is 35.7 Å². The van der Waals surface area contributed by atoms with Crippen LogP contribution in [0.3, 0.4) is 0 Å². The molecule has 0 radical (unpaired) electrons. The average molecular weight is 325 g/mol. The Balaban J connectivity index is 1.95. The number of benzene rings is 1. The summed E-state index contributed by atoms with van der Waals surface area (Å²) in [6, 6.07) is 5.71. The normalized spacial score (nSPS) is 18.1. The van der Waals surface area contributed by atoms with E-state index in [1.54, 1.807) is 0 Å². The van der Waals surface area contributed by atoms with Crippen molar-refractivity contribution in [3.8, 4) is 0 Å². The van der Waals surface area contributed by atoms with Gasteiger partial charge in [-0.25, -0.2) is 0 Å². The Morgan fingerprint density at radius 2 is 2.11 bits per heavy atom. The molecule has 0 spiro atoms. The first-order valence-electron chi connectivity index (χ1n) is 6.75. The molecule has 19 heavy (non-hydrogen) atoms. The van der Waals surface area contributed by atoms with Gasteiger partial charge in [0.25, 0.3) is 5.91 Å². The van der Waals surface area contributed by atoms with Crippen molar-refractivity contribution in [2.45, 2.75) is 26.7 Å². The lowest BCUT2D eigenvalue weighted by Crippen LogP contribution is -2.42. The molecule has 2 rings (SSSR count). The molecular formula is C15H21BrN2O. The highest BCUT2D eigenvalue weighted by molar-refractivity contribution is 9.10. The molecular weight excluding hydrogens is 304 g/mol. The lowest BCUT2D eigenvalue weighted by atomic mass is 9.81. The van der Waals surface area contributed by atoms with E-state index in [-0.39, 0.29) is 11.3 Å². The van der Waals surface area contributed by atoms with Crippen molar-refractivity contribution in [1.82, 2.24) is 10.6 Å². The minimum Gasteiger partial charge on any atom is -0.351 e. The summed E-state index contributed by atoms with van der Waals surface area (Å²) in [6.07, 6.45) is 2.24. The molecule has 0 aromatic heterocycles. The van der Waals surface area contributed by atoms with Gasteiger partial charge in [-0.15, -0.1) is 0 Å². The minimum absolute atomic E-state index is 0.0235. The second-order valence-electron chi connectivity index (χ2n) is 5.71. The highest BCUT2D eigenvalue weighted by atomic mass is 79.9. The van der Waals surface area contributed by atoms with Gasteiger partial charge in [-0.05, 0) is 62.0 Å². The number of carbonyl (C=O) groups is 1. The van der Waals surface area contributed by atoms with Crippen LogP contribution >= 0.6 is 15.9 Å². The smallest absolute Gasteiger partial charge is 0.251 e. The number of amides is 1. The summed E-state index contributed by atoms with van der Waals surface area (Å²) in [4.78, 5) is 12.2. The summed E-state index contributed by atoms with van der Waals surface area (Å²) in [6.45, 7) is 7.09. The molecule has 3 nitrogen and oxygen atoms in total. The Hall–Kier alpha value is -0.870. The summed E-state index contributed by atoms with van der Waals surface area (Å²) in [5, 5.41) is 6.43. The van der Waals surface area contributed by atoms with Gasteiger partial charge in [0.05, 0.1) is 0 Å². The first kappa shape index (κ1) is 14.5. The topological polar surface area (TPSA) is 41.1 Å². The van der Waals surface area contributed by atoms with Gasteiger partial charge in [0.2, 0.25) is 0 Å². The number of hydrogen-bond donors (Lipinski definition) is 2. The van der Waals surface area contributed by atoms with Crippen molar-refractivity contribution in [3.63, 3.8) is 0 Å². The average Bonchev–Trinajstić information content (AvgIpc) is 2.40. The molecule has 2 N–H and O–H groups in total. The number of carbonyl (C=O) groups excluding carboxylic acids is 1. The molecule has 0 aliphatic carbocycles. The van der Waals surface area contributed by atoms with Crippen LogP contribution in [0.2, 0.25) is 0 Å².